The van der Waals surface area contributed by atoms with Crippen LogP contribution < -0.4 is 0 Å². The van der Waals surface area contributed by atoms with E-state index in [-0.39, 0.29) is 18.0 Å². The van der Waals surface area contributed by atoms with E-state index in [1.165, 1.54) is 6.92 Å². The molecule has 0 spiro atoms. The Hall–Kier alpha value is -1.31. The smallest absolute Gasteiger partial charge is 0.226 e. The van der Waals surface area contributed by atoms with Gasteiger partial charge in [0.05, 0.1) is 0 Å². The van der Waals surface area contributed by atoms with Gasteiger partial charge < -0.3 is 4.90 Å². The Kier molecular flexibility index (Phi) is 4.30. The molecule has 0 unspecified atom stereocenters. The quantitative estimate of drug-likeness (QED) is 0.782. The molecule has 1 aromatic rings. The molecule has 1 aromatic carbocycles. The van der Waals surface area contributed by atoms with Gasteiger partial charge in [0, 0.05) is 20.7 Å². The van der Waals surface area contributed by atoms with Crippen LogP contribution in [0, 0.1) is 5.89 Å². The molecule has 2 atom stereocenters. The van der Waals surface area contributed by atoms with Crippen molar-refractivity contribution in [3.05, 3.63) is 35.9 Å². The molecule has 18 heavy (non-hydrogen) atoms. The van der Waals surface area contributed by atoms with Gasteiger partial charge in [0.2, 0.25) is 5.91 Å². The average Bonchev–Trinajstić information content (AvgIpc) is 2.37. The zero-order valence-electron chi connectivity index (χ0n) is 14.0. The summed E-state index contributed by atoms with van der Waals surface area (Å²) in [5.74, 6) is -1.78. The summed E-state index contributed by atoms with van der Waals surface area (Å²) >= 11 is 0. The molecular formula is C16H25NO. The second-order valence-corrected chi connectivity index (χ2v) is 5.14. The highest BCUT2D eigenvalue weighted by Gasteiger charge is 2.24. The normalized spacial score (nSPS) is 17.9. The molecule has 0 fully saturated rings. The van der Waals surface area contributed by atoms with Gasteiger partial charge in [-0.3, -0.25) is 4.79 Å². The maximum Gasteiger partial charge on any atom is 0.226 e. The van der Waals surface area contributed by atoms with Crippen LogP contribution >= 0.6 is 0 Å². The number of carbonyl (C=O) groups is 1. The molecule has 0 N–H and O–H groups in total. The third-order valence-corrected chi connectivity index (χ3v) is 2.87. The van der Waals surface area contributed by atoms with Crippen LogP contribution in [0.4, 0.5) is 0 Å². The summed E-state index contributed by atoms with van der Waals surface area (Å²) in [6.07, 6.45) is -0.892. The number of benzene rings is 1. The van der Waals surface area contributed by atoms with Crippen molar-refractivity contribution in [2.75, 3.05) is 0 Å². The molecule has 0 aromatic heterocycles. The van der Waals surface area contributed by atoms with E-state index >= 15 is 0 Å². The minimum Gasteiger partial charge on any atom is -0.338 e. The predicted octanol–water partition coefficient (Wildman–Crippen LogP) is 3.51. The molecule has 0 aliphatic rings. The van der Waals surface area contributed by atoms with Crippen molar-refractivity contribution < 1.29 is 7.54 Å². The largest absolute Gasteiger partial charge is 0.338 e. The lowest BCUT2D eigenvalue weighted by Gasteiger charge is -2.33. The van der Waals surface area contributed by atoms with Gasteiger partial charge in [-0.25, -0.2) is 0 Å². The predicted molar refractivity (Wildman–Crippen MR) is 76.4 cm³/mol. The maximum atomic E-state index is 12.7. The van der Waals surface area contributed by atoms with Gasteiger partial charge in [0.15, 0.2) is 0 Å². The number of hydrogen-bond acceptors (Lipinski definition) is 1. The minimum atomic E-state index is -1.49. The average molecular weight is 249 g/mol. The highest BCUT2D eigenvalue weighted by atomic mass is 16.2. The Morgan fingerprint density at radius 2 is 1.67 bits per heavy atom. The van der Waals surface area contributed by atoms with Gasteiger partial charge >= 0.3 is 0 Å². The Morgan fingerprint density at radius 3 is 2.11 bits per heavy atom. The van der Waals surface area contributed by atoms with Crippen LogP contribution in [0.5, 0.6) is 0 Å². The molecule has 0 saturated heterocycles. The number of nitrogens with zero attached hydrogens (tertiary/aromatic N) is 1. The van der Waals surface area contributed by atoms with Crippen LogP contribution in [0.3, 0.4) is 0 Å². The van der Waals surface area contributed by atoms with Crippen LogP contribution in [-0.4, -0.2) is 22.9 Å². The lowest BCUT2D eigenvalue weighted by atomic mass is 9.98. The Morgan fingerprint density at radius 1 is 1.17 bits per heavy atom. The Balaban J connectivity index is 3.05. The lowest BCUT2D eigenvalue weighted by molar-refractivity contribution is -0.138. The summed E-state index contributed by atoms with van der Waals surface area (Å²) in [4.78, 5) is 14.4. The summed E-state index contributed by atoms with van der Waals surface area (Å²) in [7, 11) is 0. The van der Waals surface area contributed by atoms with Crippen LogP contribution in [0.15, 0.2) is 30.3 Å². The third-order valence-electron chi connectivity index (χ3n) is 2.87. The molecular weight excluding hydrogens is 222 g/mol. The number of rotatable bonds is 5. The Bertz CT molecular complexity index is 435. The fraction of sp³-hybridized carbons (Fsp3) is 0.562. The molecule has 0 aliphatic heterocycles. The van der Waals surface area contributed by atoms with E-state index < -0.39 is 12.3 Å². The summed E-state index contributed by atoms with van der Waals surface area (Å²) in [5, 5.41) is 0. The summed E-state index contributed by atoms with van der Waals surface area (Å²) < 4.78 is 16.7. The summed E-state index contributed by atoms with van der Waals surface area (Å²) in [6.45, 7) is 9.30. The molecule has 0 aliphatic carbocycles. The van der Waals surface area contributed by atoms with Crippen molar-refractivity contribution in [1.29, 1.82) is 0 Å². The van der Waals surface area contributed by atoms with Gasteiger partial charge in [-0.15, -0.1) is 0 Å². The van der Waals surface area contributed by atoms with Gasteiger partial charge in [0.25, 0.3) is 0 Å². The molecule has 0 bridgehead atoms. The van der Waals surface area contributed by atoms with E-state index in [4.69, 9.17) is 2.74 Å². The number of carbonyl (C=O) groups excluding carboxylic acids is 1. The van der Waals surface area contributed by atoms with Crippen molar-refractivity contribution in [2.24, 2.45) is 5.89 Å². The highest BCUT2D eigenvalue weighted by Crippen LogP contribution is 2.15. The molecule has 1 amide bonds. The monoisotopic (exact) mass is 249 g/mol. The van der Waals surface area contributed by atoms with Crippen LogP contribution in [-0.2, 0) is 11.2 Å². The second-order valence-electron chi connectivity index (χ2n) is 5.14. The second kappa shape index (κ2) is 6.58. The molecule has 0 heterocycles. The van der Waals surface area contributed by atoms with Gasteiger partial charge in [-0.2, -0.15) is 0 Å². The topological polar surface area (TPSA) is 20.3 Å². The molecule has 2 nitrogen and oxygen atoms in total. The fourth-order valence-electron chi connectivity index (χ4n) is 2.13. The first-order valence-corrected chi connectivity index (χ1v) is 6.49. The molecule has 2 heteroatoms. The first-order valence-electron chi connectivity index (χ1n) is 7.57. The molecule has 100 valence electrons. The standard InChI is InChI=1S/C16H25NO/c1-12(2)17(13(3)4)16(18)14(5)11-15-9-7-6-8-10-15/h6-10,12-14H,11H2,1-5H3/t14-/m1/s1/i11D,14D/t11-,14-. The Labute approximate surface area is 114 Å². The van der Waals surface area contributed by atoms with Crippen LogP contribution in [0.25, 0.3) is 0 Å². The summed E-state index contributed by atoms with van der Waals surface area (Å²) in [5.41, 5.74) is 0.700. The van der Waals surface area contributed by atoms with E-state index in [0.717, 1.165) is 0 Å². The van der Waals surface area contributed by atoms with Gasteiger partial charge in [-0.1, -0.05) is 37.3 Å². The van der Waals surface area contributed by atoms with E-state index in [1.807, 2.05) is 45.9 Å². The first kappa shape index (κ1) is 11.8. The first-order chi connectivity index (χ1) is 9.19. The fourth-order valence-corrected chi connectivity index (χ4v) is 2.13. The van der Waals surface area contributed by atoms with E-state index in [9.17, 15) is 4.79 Å². The number of amides is 1. The molecule has 0 saturated carbocycles. The SMILES string of the molecule is [2H][C@@H](c1ccccc1)[C@@]([2H])(C)C(=O)N(C(C)C)C(C)C. The minimum absolute atomic E-state index is 0.0233. The molecule has 0 radical (unpaired) electrons. The van der Waals surface area contributed by atoms with E-state index in [2.05, 4.69) is 0 Å². The lowest BCUT2D eigenvalue weighted by Crippen LogP contribution is -2.45. The molecule has 1 rings (SSSR count). The van der Waals surface area contributed by atoms with Gasteiger partial charge in [0.1, 0.15) is 0 Å². The van der Waals surface area contributed by atoms with E-state index in [0.29, 0.717) is 5.56 Å². The van der Waals surface area contributed by atoms with Gasteiger partial charge in [-0.05, 0) is 39.7 Å². The number of hydrogen-bond donors (Lipinski definition) is 0. The van der Waals surface area contributed by atoms with Crippen LogP contribution in [0.1, 0.15) is 42.9 Å². The highest BCUT2D eigenvalue weighted by molar-refractivity contribution is 5.79. The van der Waals surface area contributed by atoms with Crippen molar-refractivity contribution >= 4 is 5.91 Å². The zero-order chi connectivity index (χ0) is 15.5. The van der Waals surface area contributed by atoms with Crippen molar-refractivity contribution in [1.82, 2.24) is 4.90 Å². The summed E-state index contributed by atoms with van der Waals surface area (Å²) in [6, 6.07) is 9.18. The third kappa shape index (κ3) is 3.86. The maximum absolute atomic E-state index is 12.7. The van der Waals surface area contributed by atoms with Crippen molar-refractivity contribution in [3.8, 4) is 0 Å². The van der Waals surface area contributed by atoms with Crippen molar-refractivity contribution in [3.63, 3.8) is 0 Å². The van der Waals surface area contributed by atoms with Crippen LogP contribution in [0.2, 0.25) is 0 Å². The van der Waals surface area contributed by atoms with Crippen molar-refractivity contribution in [2.45, 2.75) is 53.1 Å². The van der Waals surface area contributed by atoms with E-state index in [1.54, 1.807) is 17.0 Å². The zero-order valence-corrected chi connectivity index (χ0v) is 12.0.